The van der Waals surface area contributed by atoms with Gasteiger partial charge in [-0.25, -0.2) is 0 Å². The number of carbonyl (C=O) groups is 1. The van der Waals surface area contributed by atoms with E-state index in [1.807, 2.05) is 0 Å². The molecule has 1 N–H and O–H groups in total. The zero-order chi connectivity index (χ0) is 21.4. The topological polar surface area (TPSA) is 50.8 Å². The van der Waals surface area contributed by atoms with Gasteiger partial charge < -0.3 is 14.8 Å². The maximum Gasteiger partial charge on any atom is 0.391 e. The van der Waals surface area contributed by atoms with Gasteiger partial charge in [-0.2, -0.15) is 13.2 Å². The third kappa shape index (κ3) is 4.96. The first-order valence-electron chi connectivity index (χ1n) is 11.6. The monoisotopic (exact) mass is 432 g/mol. The van der Waals surface area contributed by atoms with Crippen LogP contribution in [0, 0.1) is 17.8 Å². The van der Waals surface area contributed by atoms with Gasteiger partial charge >= 0.3 is 6.18 Å². The van der Waals surface area contributed by atoms with Gasteiger partial charge in [0.05, 0.1) is 19.1 Å². The van der Waals surface area contributed by atoms with Crippen molar-refractivity contribution in [1.29, 1.82) is 0 Å². The fourth-order valence-electron chi connectivity index (χ4n) is 5.96. The molecule has 2 heterocycles. The molecule has 0 radical (unpaired) electrons. The average molecular weight is 433 g/mol. The molecule has 0 aromatic rings. The molecule has 30 heavy (non-hydrogen) atoms. The Balaban J connectivity index is 1.30. The van der Waals surface area contributed by atoms with Crippen molar-refractivity contribution in [3.63, 3.8) is 0 Å². The number of piperidine rings is 1. The summed E-state index contributed by atoms with van der Waals surface area (Å²) in [6, 6.07) is -0.00952. The van der Waals surface area contributed by atoms with Crippen molar-refractivity contribution >= 4 is 5.91 Å². The van der Waals surface area contributed by atoms with Crippen LogP contribution in [0.4, 0.5) is 13.2 Å². The van der Waals surface area contributed by atoms with E-state index in [1.165, 1.54) is 0 Å². The fraction of sp³-hybridized carbons (Fsp3) is 0.955. The Morgan fingerprint density at radius 3 is 2.40 bits per heavy atom. The summed E-state index contributed by atoms with van der Waals surface area (Å²) in [7, 11) is 0. The van der Waals surface area contributed by atoms with Crippen LogP contribution in [0.1, 0.15) is 64.7 Å². The lowest BCUT2D eigenvalue weighted by atomic mass is 9.77. The van der Waals surface area contributed by atoms with Crippen molar-refractivity contribution in [2.45, 2.75) is 88.8 Å². The minimum atomic E-state index is -4.16. The Morgan fingerprint density at radius 1 is 1.03 bits per heavy atom. The van der Waals surface area contributed by atoms with Gasteiger partial charge in [0.2, 0.25) is 5.91 Å². The van der Waals surface area contributed by atoms with Crippen LogP contribution in [0.3, 0.4) is 0 Å². The standard InChI is InChI=1S/C22H35F3N2O3/c1-15-5-6-16(20(28)26-18-4-2-3-17(14-18)22(23,24)25)13-19(15)27-9-7-21(8-10-27)29-11-12-30-21/h15-19H,2-14H2,1H3,(H,26,28). The lowest BCUT2D eigenvalue weighted by molar-refractivity contribution is -0.190. The molecule has 4 rings (SSSR count). The quantitative estimate of drug-likeness (QED) is 0.736. The summed E-state index contributed by atoms with van der Waals surface area (Å²) < 4.78 is 50.9. The molecule has 2 aliphatic carbocycles. The molecule has 2 saturated carbocycles. The van der Waals surface area contributed by atoms with E-state index in [1.54, 1.807) is 0 Å². The van der Waals surface area contributed by atoms with Crippen LogP contribution in [0.5, 0.6) is 0 Å². The highest BCUT2D eigenvalue weighted by Crippen LogP contribution is 2.39. The second-order valence-electron chi connectivity index (χ2n) is 9.81. The van der Waals surface area contributed by atoms with Gasteiger partial charge in [-0.1, -0.05) is 13.3 Å². The summed E-state index contributed by atoms with van der Waals surface area (Å²) in [6.45, 7) is 5.39. The lowest BCUT2D eigenvalue weighted by Crippen LogP contribution is -2.53. The number of nitrogens with zero attached hydrogens (tertiary/aromatic N) is 1. The summed E-state index contributed by atoms with van der Waals surface area (Å²) >= 11 is 0. The summed E-state index contributed by atoms with van der Waals surface area (Å²) in [5.74, 6) is -1.32. The van der Waals surface area contributed by atoms with Gasteiger partial charge in [0.25, 0.3) is 0 Å². The van der Waals surface area contributed by atoms with Crippen LogP contribution < -0.4 is 5.32 Å². The zero-order valence-electron chi connectivity index (χ0n) is 17.9. The largest absolute Gasteiger partial charge is 0.391 e. The van der Waals surface area contributed by atoms with Gasteiger partial charge in [0.1, 0.15) is 0 Å². The number of amides is 1. The maximum absolute atomic E-state index is 13.1. The van der Waals surface area contributed by atoms with E-state index in [-0.39, 0.29) is 30.7 Å². The van der Waals surface area contributed by atoms with Crippen molar-refractivity contribution in [2.75, 3.05) is 26.3 Å². The first-order chi connectivity index (χ1) is 14.3. The van der Waals surface area contributed by atoms with E-state index in [4.69, 9.17) is 9.47 Å². The third-order valence-electron chi connectivity index (χ3n) is 7.85. The van der Waals surface area contributed by atoms with Crippen LogP contribution in [-0.4, -0.2) is 61.2 Å². The van der Waals surface area contributed by atoms with Crippen LogP contribution in [0.15, 0.2) is 0 Å². The molecule has 5 nitrogen and oxygen atoms in total. The van der Waals surface area contributed by atoms with E-state index in [0.29, 0.717) is 38.0 Å². The molecule has 4 aliphatic rings. The maximum atomic E-state index is 13.1. The van der Waals surface area contributed by atoms with Crippen LogP contribution >= 0.6 is 0 Å². The van der Waals surface area contributed by atoms with Gasteiger partial charge in [-0.3, -0.25) is 9.69 Å². The SMILES string of the molecule is CC1CCC(C(=O)NC2CCCC(C(F)(F)F)C2)CC1N1CCC2(CC1)OCCO2. The number of hydrogen-bond acceptors (Lipinski definition) is 4. The van der Waals surface area contributed by atoms with E-state index < -0.39 is 17.9 Å². The summed E-state index contributed by atoms with van der Waals surface area (Å²) in [4.78, 5) is 15.4. The molecular formula is C22H35F3N2O3. The van der Waals surface area contributed by atoms with Crippen molar-refractivity contribution in [2.24, 2.45) is 17.8 Å². The Bertz CT molecular complexity index is 599. The molecule has 8 heteroatoms. The first kappa shape index (κ1) is 22.3. The molecule has 1 amide bonds. The summed E-state index contributed by atoms with van der Waals surface area (Å²) in [6.07, 6.45) is 1.53. The molecule has 2 saturated heterocycles. The Kier molecular flexibility index (Phi) is 6.66. The second kappa shape index (κ2) is 8.94. The highest BCUT2D eigenvalue weighted by molar-refractivity contribution is 5.79. The highest BCUT2D eigenvalue weighted by atomic mass is 19.4. The molecule has 5 atom stereocenters. The fourth-order valence-corrected chi connectivity index (χ4v) is 5.96. The number of alkyl halides is 3. The van der Waals surface area contributed by atoms with Gasteiger partial charge in [0.15, 0.2) is 5.79 Å². The molecule has 0 aromatic heterocycles. The number of carbonyl (C=O) groups excluding carboxylic acids is 1. The Morgan fingerprint density at radius 2 is 1.73 bits per heavy atom. The number of ether oxygens (including phenoxy) is 2. The van der Waals surface area contributed by atoms with Crippen molar-refractivity contribution in [1.82, 2.24) is 10.2 Å². The van der Waals surface area contributed by atoms with Gasteiger partial charge in [0, 0.05) is 43.9 Å². The van der Waals surface area contributed by atoms with Gasteiger partial charge in [-0.15, -0.1) is 0 Å². The molecule has 0 bridgehead atoms. The smallest absolute Gasteiger partial charge is 0.353 e. The predicted molar refractivity (Wildman–Crippen MR) is 106 cm³/mol. The lowest BCUT2D eigenvalue weighted by Gasteiger charge is -2.46. The third-order valence-corrected chi connectivity index (χ3v) is 7.85. The van der Waals surface area contributed by atoms with Crippen molar-refractivity contribution in [3.05, 3.63) is 0 Å². The number of halogens is 3. The second-order valence-corrected chi connectivity index (χ2v) is 9.81. The molecular weight excluding hydrogens is 397 g/mol. The van der Waals surface area contributed by atoms with E-state index in [9.17, 15) is 18.0 Å². The normalized spacial score (nSPS) is 37.9. The molecule has 2 aliphatic heterocycles. The van der Waals surface area contributed by atoms with E-state index in [0.717, 1.165) is 45.2 Å². The minimum Gasteiger partial charge on any atom is -0.353 e. The highest BCUT2D eigenvalue weighted by Gasteiger charge is 2.45. The number of nitrogens with one attached hydrogen (secondary N) is 1. The summed E-state index contributed by atoms with van der Waals surface area (Å²) in [5.41, 5.74) is 0. The average Bonchev–Trinajstić information content (AvgIpc) is 3.17. The van der Waals surface area contributed by atoms with Crippen molar-refractivity contribution < 1.29 is 27.4 Å². The first-order valence-corrected chi connectivity index (χ1v) is 11.6. The van der Waals surface area contributed by atoms with Crippen LogP contribution in [0.2, 0.25) is 0 Å². The van der Waals surface area contributed by atoms with E-state index in [2.05, 4.69) is 17.1 Å². The summed E-state index contributed by atoms with van der Waals surface area (Å²) in [5, 5.41) is 2.97. The minimum absolute atomic E-state index is 0.0238. The van der Waals surface area contributed by atoms with Gasteiger partial charge in [-0.05, 0) is 44.4 Å². The molecule has 4 fully saturated rings. The molecule has 172 valence electrons. The number of likely N-dealkylation sites (tertiary alicyclic amines) is 1. The predicted octanol–water partition coefficient (Wildman–Crippen LogP) is 3.87. The number of rotatable bonds is 3. The van der Waals surface area contributed by atoms with Crippen molar-refractivity contribution in [3.8, 4) is 0 Å². The molecule has 1 spiro atoms. The van der Waals surface area contributed by atoms with Crippen LogP contribution in [-0.2, 0) is 14.3 Å². The zero-order valence-corrected chi connectivity index (χ0v) is 17.9. The number of hydrogen-bond donors (Lipinski definition) is 1. The van der Waals surface area contributed by atoms with E-state index >= 15 is 0 Å². The Labute approximate surface area is 177 Å². The molecule has 0 aromatic carbocycles. The van der Waals surface area contributed by atoms with Crippen LogP contribution in [0.25, 0.3) is 0 Å². The Hall–Kier alpha value is -0.860. The molecule has 5 unspecified atom stereocenters.